The third kappa shape index (κ3) is 4.19. The zero-order chi connectivity index (χ0) is 19.4. The lowest BCUT2D eigenvalue weighted by Crippen LogP contribution is -2.29. The van der Waals surface area contributed by atoms with Crippen molar-refractivity contribution in [1.29, 1.82) is 0 Å². The minimum Gasteiger partial charge on any atom is -0.494 e. The Labute approximate surface area is 159 Å². The predicted octanol–water partition coefficient (Wildman–Crippen LogP) is 2.97. The van der Waals surface area contributed by atoms with E-state index in [4.69, 9.17) is 4.74 Å². The Morgan fingerprint density at radius 1 is 1.26 bits per heavy atom. The second-order valence-corrected chi connectivity index (χ2v) is 6.58. The van der Waals surface area contributed by atoms with Gasteiger partial charge in [0.15, 0.2) is 0 Å². The van der Waals surface area contributed by atoms with E-state index in [1.807, 2.05) is 55.9 Å². The number of rotatable bonds is 7. The fraction of sp³-hybridized carbons (Fsp3) is 0.350. The molecular formula is C20H25N5O2. The molecule has 0 radical (unpaired) electrons. The van der Waals surface area contributed by atoms with Gasteiger partial charge < -0.3 is 9.64 Å². The van der Waals surface area contributed by atoms with E-state index in [-0.39, 0.29) is 5.91 Å². The Bertz CT molecular complexity index is 914. The Morgan fingerprint density at radius 3 is 2.67 bits per heavy atom. The molecule has 0 aliphatic rings. The molecule has 0 bridgehead atoms. The van der Waals surface area contributed by atoms with Crippen LogP contribution in [0, 0.1) is 13.8 Å². The zero-order valence-corrected chi connectivity index (χ0v) is 16.2. The second kappa shape index (κ2) is 8.07. The Hall–Kier alpha value is -3.09. The van der Waals surface area contributed by atoms with Crippen molar-refractivity contribution in [3.05, 3.63) is 53.5 Å². The van der Waals surface area contributed by atoms with Gasteiger partial charge >= 0.3 is 0 Å². The minimum atomic E-state index is -0.0901. The first-order valence-electron chi connectivity index (χ1n) is 8.96. The molecule has 0 saturated carbocycles. The third-order valence-electron chi connectivity index (χ3n) is 4.57. The molecular weight excluding hydrogens is 342 g/mol. The van der Waals surface area contributed by atoms with Crippen LogP contribution in [0.15, 0.2) is 36.4 Å². The lowest BCUT2D eigenvalue weighted by molar-refractivity contribution is 0.0782. The van der Waals surface area contributed by atoms with Crippen LogP contribution < -0.4 is 4.74 Å². The largest absolute Gasteiger partial charge is 0.494 e. The Kier molecular flexibility index (Phi) is 5.59. The van der Waals surface area contributed by atoms with Gasteiger partial charge in [-0.1, -0.05) is 18.2 Å². The summed E-state index contributed by atoms with van der Waals surface area (Å²) in [5.74, 6) is 0.750. The quantitative estimate of drug-likeness (QED) is 0.652. The molecule has 1 aromatic carbocycles. The fourth-order valence-electron chi connectivity index (χ4n) is 3.02. The molecule has 0 aliphatic heterocycles. The monoisotopic (exact) mass is 367 g/mol. The third-order valence-corrected chi connectivity index (χ3v) is 4.57. The maximum Gasteiger partial charge on any atom is 0.271 e. The van der Waals surface area contributed by atoms with Gasteiger partial charge in [0, 0.05) is 31.9 Å². The summed E-state index contributed by atoms with van der Waals surface area (Å²) in [6.07, 6.45) is 0.749. The molecule has 0 fully saturated rings. The molecule has 7 nitrogen and oxygen atoms in total. The van der Waals surface area contributed by atoms with Gasteiger partial charge in [-0.2, -0.15) is 10.2 Å². The molecule has 3 rings (SSSR count). The molecule has 1 amide bonds. The molecule has 7 heteroatoms. The topological polar surface area (TPSA) is 76.0 Å². The van der Waals surface area contributed by atoms with Crippen molar-refractivity contribution in [1.82, 2.24) is 24.9 Å². The summed E-state index contributed by atoms with van der Waals surface area (Å²) in [6.45, 7) is 5.09. The first kappa shape index (κ1) is 18.7. The first-order valence-corrected chi connectivity index (χ1v) is 8.96. The van der Waals surface area contributed by atoms with Crippen molar-refractivity contribution in [3.8, 4) is 17.0 Å². The molecule has 0 unspecified atom stereocenters. The fourth-order valence-corrected chi connectivity index (χ4v) is 3.02. The molecule has 0 saturated heterocycles. The van der Waals surface area contributed by atoms with Gasteiger partial charge in [0.05, 0.1) is 18.0 Å². The highest BCUT2D eigenvalue weighted by molar-refractivity contribution is 5.93. The molecule has 1 N–H and O–H groups in total. The van der Waals surface area contributed by atoms with Gasteiger partial charge in [0.2, 0.25) is 0 Å². The Morgan fingerprint density at radius 2 is 2.00 bits per heavy atom. The average Bonchev–Trinajstić information content (AvgIpc) is 3.23. The van der Waals surface area contributed by atoms with Gasteiger partial charge in [0.1, 0.15) is 11.4 Å². The minimum absolute atomic E-state index is 0.0901. The van der Waals surface area contributed by atoms with E-state index in [9.17, 15) is 4.79 Å². The van der Waals surface area contributed by atoms with Crippen molar-refractivity contribution < 1.29 is 9.53 Å². The van der Waals surface area contributed by atoms with E-state index in [0.717, 1.165) is 34.8 Å². The molecule has 3 aromatic rings. The summed E-state index contributed by atoms with van der Waals surface area (Å²) >= 11 is 0. The number of para-hydroxylation sites is 1. The molecule has 2 heterocycles. The molecule has 0 spiro atoms. The van der Waals surface area contributed by atoms with Crippen LogP contribution in [0.5, 0.6) is 5.75 Å². The number of nitrogens with zero attached hydrogens (tertiary/aromatic N) is 4. The zero-order valence-electron chi connectivity index (χ0n) is 16.2. The number of hydrogen-bond donors (Lipinski definition) is 1. The van der Waals surface area contributed by atoms with Crippen LogP contribution in [0.1, 0.15) is 28.3 Å². The van der Waals surface area contributed by atoms with Crippen LogP contribution in [0.2, 0.25) is 0 Å². The van der Waals surface area contributed by atoms with Gasteiger partial charge in [-0.05, 0) is 38.5 Å². The number of H-pyrrole nitrogens is 1. The van der Waals surface area contributed by atoms with Gasteiger partial charge in [-0.25, -0.2) is 0 Å². The number of aromatic nitrogens is 4. The van der Waals surface area contributed by atoms with E-state index in [2.05, 4.69) is 15.3 Å². The highest BCUT2D eigenvalue weighted by Crippen LogP contribution is 2.25. The maximum atomic E-state index is 12.6. The summed E-state index contributed by atoms with van der Waals surface area (Å²) in [7, 11) is 3.68. The predicted molar refractivity (Wildman–Crippen MR) is 104 cm³/mol. The van der Waals surface area contributed by atoms with E-state index >= 15 is 0 Å². The normalized spacial score (nSPS) is 10.8. The number of aromatic amines is 1. The van der Waals surface area contributed by atoms with E-state index < -0.39 is 0 Å². The van der Waals surface area contributed by atoms with Crippen LogP contribution in [-0.4, -0.2) is 51.0 Å². The number of hydrogen-bond acceptors (Lipinski definition) is 4. The van der Waals surface area contributed by atoms with Crippen LogP contribution in [0.4, 0.5) is 0 Å². The van der Waals surface area contributed by atoms with E-state index in [1.54, 1.807) is 18.0 Å². The van der Waals surface area contributed by atoms with Gasteiger partial charge in [-0.15, -0.1) is 0 Å². The van der Waals surface area contributed by atoms with Crippen LogP contribution in [0.3, 0.4) is 0 Å². The van der Waals surface area contributed by atoms with Crippen LogP contribution >= 0.6 is 0 Å². The number of ether oxygens (including phenoxy) is 1. The van der Waals surface area contributed by atoms with Crippen molar-refractivity contribution in [2.75, 3.05) is 20.2 Å². The van der Waals surface area contributed by atoms with E-state index in [0.29, 0.717) is 18.8 Å². The maximum absolute atomic E-state index is 12.6. The summed E-state index contributed by atoms with van der Waals surface area (Å²) < 4.78 is 7.48. The van der Waals surface area contributed by atoms with Crippen LogP contribution in [-0.2, 0) is 7.05 Å². The highest BCUT2D eigenvalue weighted by Gasteiger charge is 2.19. The van der Waals surface area contributed by atoms with E-state index in [1.165, 1.54) is 0 Å². The first-order chi connectivity index (χ1) is 13.0. The summed E-state index contributed by atoms with van der Waals surface area (Å²) in [6, 6.07) is 11.5. The molecule has 0 atom stereocenters. The number of amides is 1. The van der Waals surface area contributed by atoms with Crippen molar-refractivity contribution in [2.24, 2.45) is 7.05 Å². The lowest BCUT2D eigenvalue weighted by Gasteiger charge is -2.16. The van der Waals surface area contributed by atoms with Gasteiger partial charge in [0.25, 0.3) is 5.91 Å². The number of aryl methyl sites for hydroxylation is 2. The lowest BCUT2D eigenvalue weighted by atomic mass is 10.1. The number of benzene rings is 1. The van der Waals surface area contributed by atoms with Crippen molar-refractivity contribution in [2.45, 2.75) is 20.3 Å². The summed E-state index contributed by atoms with van der Waals surface area (Å²) in [4.78, 5) is 14.3. The summed E-state index contributed by atoms with van der Waals surface area (Å²) in [5.41, 5.74) is 4.09. The number of nitrogens with one attached hydrogen (secondary N) is 1. The Balaban J connectivity index is 1.57. The van der Waals surface area contributed by atoms with Crippen molar-refractivity contribution >= 4 is 5.91 Å². The molecule has 142 valence electrons. The van der Waals surface area contributed by atoms with Gasteiger partial charge in [-0.3, -0.25) is 14.6 Å². The molecule has 0 aliphatic carbocycles. The summed E-state index contributed by atoms with van der Waals surface area (Å²) in [5, 5.41) is 11.6. The SMILES string of the molecule is Cc1nn(C)c(C)c1-c1cc(C(=O)N(C)CCCOc2ccccc2)[nH]n1. The van der Waals surface area contributed by atoms with Crippen molar-refractivity contribution in [3.63, 3.8) is 0 Å². The second-order valence-electron chi connectivity index (χ2n) is 6.58. The smallest absolute Gasteiger partial charge is 0.271 e. The standard InChI is InChI=1S/C20H25N5O2/c1-14-19(15(2)25(4)23-14)17-13-18(22-21-17)20(26)24(3)11-8-12-27-16-9-6-5-7-10-16/h5-7,9-10,13H,8,11-12H2,1-4H3,(H,21,22). The van der Waals surface area contributed by atoms with Crippen LogP contribution in [0.25, 0.3) is 11.3 Å². The molecule has 27 heavy (non-hydrogen) atoms. The number of carbonyl (C=O) groups excluding carboxylic acids is 1. The molecule has 2 aromatic heterocycles. The number of carbonyl (C=O) groups is 1. The highest BCUT2D eigenvalue weighted by atomic mass is 16.5. The average molecular weight is 367 g/mol.